The summed E-state index contributed by atoms with van der Waals surface area (Å²) in [5.41, 5.74) is 3.00. The van der Waals surface area contributed by atoms with Crippen molar-refractivity contribution in [3.05, 3.63) is 23.3 Å². The van der Waals surface area contributed by atoms with Crippen molar-refractivity contribution in [3.8, 4) is 0 Å². The maximum Gasteiger partial charge on any atom is -0.0228 e. The van der Waals surface area contributed by atoms with Crippen LogP contribution in [0.5, 0.6) is 0 Å². The molecule has 18 heavy (non-hydrogen) atoms. The topological polar surface area (TPSA) is 0 Å². The van der Waals surface area contributed by atoms with Gasteiger partial charge in [-0.25, -0.2) is 0 Å². The fourth-order valence-corrected chi connectivity index (χ4v) is 2.75. The van der Waals surface area contributed by atoms with E-state index in [1.807, 2.05) is 0 Å². The minimum Gasteiger partial charge on any atom is -0.0811 e. The maximum absolute atomic E-state index is 2.43. The van der Waals surface area contributed by atoms with Gasteiger partial charge in [0.15, 0.2) is 0 Å². The molecule has 0 saturated heterocycles. The molecule has 0 amide bonds. The standard InChI is InChI=1S/C18H34/c1-8-11-15(5)16(6)12-13-17(7)18(10-3)14(4)9-2/h12-14,17-18H,8-11H2,1-7H3. The van der Waals surface area contributed by atoms with Crippen molar-refractivity contribution < 1.29 is 0 Å². The van der Waals surface area contributed by atoms with E-state index in [2.05, 4.69) is 60.6 Å². The quantitative estimate of drug-likeness (QED) is 0.438. The number of hydrogen-bond acceptors (Lipinski definition) is 0. The highest BCUT2D eigenvalue weighted by atomic mass is 14.2. The summed E-state index contributed by atoms with van der Waals surface area (Å²) in [7, 11) is 0. The SMILES string of the molecule is CCCC(C)=C(C)C=CC(C)C(CC)C(C)CC. The molecule has 0 heterocycles. The summed E-state index contributed by atoms with van der Waals surface area (Å²) in [6, 6.07) is 0. The van der Waals surface area contributed by atoms with Gasteiger partial charge < -0.3 is 0 Å². The summed E-state index contributed by atoms with van der Waals surface area (Å²) in [4.78, 5) is 0. The molecule has 0 fully saturated rings. The minimum atomic E-state index is 0.689. The van der Waals surface area contributed by atoms with E-state index in [1.54, 1.807) is 0 Å². The Hall–Kier alpha value is -0.520. The second kappa shape index (κ2) is 9.42. The van der Waals surface area contributed by atoms with E-state index >= 15 is 0 Å². The molecule has 0 saturated carbocycles. The van der Waals surface area contributed by atoms with Crippen LogP contribution < -0.4 is 0 Å². The molecule has 0 aliphatic carbocycles. The third-order valence-corrected chi connectivity index (χ3v) is 4.47. The van der Waals surface area contributed by atoms with Crippen LogP contribution in [0, 0.1) is 17.8 Å². The first-order valence-electron chi connectivity index (χ1n) is 7.82. The molecule has 0 aromatic rings. The number of rotatable bonds is 8. The normalized spacial score (nSPS) is 18.6. The molecule has 3 unspecified atom stereocenters. The smallest absolute Gasteiger partial charge is 0.0228 e. The highest BCUT2D eigenvalue weighted by Gasteiger charge is 2.18. The van der Waals surface area contributed by atoms with Crippen LogP contribution in [0.2, 0.25) is 0 Å². The van der Waals surface area contributed by atoms with Gasteiger partial charge >= 0.3 is 0 Å². The number of allylic oxidation sites excluding steroid dienone is 4. The minimum absolute atomic E-state index is 0.689. The lowest BCUT2D eigenvalue weighted by atomic mass is 9.80. The summed E-state index contributed by atoms with van der Waals surface area (Å²) < 4.78 is 0. The van der Waals surface area contributed by atoms with Crippen molar-refractivity contribution >= 4 is 0 Å². The van der Waals surface area contributed by atoms with E-state index in [4.69, 9.17) is 0 Å². The Morgan fingerprint density at radius 2 is 1.61 bits per heavy atom. The van der Waals surface area contributed by atoms with Gasteiger partial charge in [0.05, 0.1) is 0 Å². The van der Waals surface area contributed by atoms with Crippen molar-refractivity contribution in [2.45, 2.75) is 74.1 Å². The van der Waals surface area contributed by atoms with E-state index in [9.17, 15) is 0 Å². The number of hydrogen-bond donors (Lipinski definition) is 0. The lowest BCUT2D eigenvalue weighted by Gasteiger charge is -2.26. The Morgan fingerprint density at radius 3 is 2.06 bits per heavy atom. The van der Waals surface area contributed by atoms with Gasteiger partial charge in [-0.1, -0.05) is 77.2 Å². The molecule has 0 rings (SSSR count). The summed E-state index contributed by atoms with van der Waals surface area (Å²) in [6.45, 7) is 16.2. The zero-order valence-electron chi connectivity index (χ0n) is 13.7. The second-order valence-electron chi connectivity index (χ2n) is 5.89. The molecule has 0 bridgehead atoms. The Kier molecular flexibility index (Phi) is 9.14. The van der Waals surface area contributed by atoms with Crippen LogP contribution >= 0.6 is 0 Å². The lowest BCUT2D eigenvalue weighted by Crippen LogP contribution is -2.17. The average Bonchev–Trinajstić information content (AvgIpc) is 2.36. The molecule has 0 heteroatoms. The zero-order valence-corrected chi connectivity index (χ0v) is 13.7. The molecule has 3 atom stereocenters. The molecule has 0 aromatic heterocycles. The molecular formula is C18H34. The van der Waals surface area contributed by atoms with E-state index in [0.29, 0.717) is 5.92 Å². The molecule has 0 aliphatic rings. The first-order chi connectivity index (χ1) is 8.47. The summed E-state index contributed by atoms with van der Waals surface area (Å²) in [5.74, 6) is 2.34. The van der Waals surface area contributed by atoms with Gasteiger partial charge in [0.1, 0.15) is 0 Å². The second-order valence-corrected chi connectivity index (χ2v) is 5.89. The molecule has 106 valence electrons. The van der Waals surface area contributed by atoms with Crippen LogP contribution in [0.15, 0.2) is 23.3 Å². The van der Waals surface area contributed by atoms with Gasteiger partial charge in [0.25, 0.3) is 0 Å². The first kappa shape index (κ1) is 17.5. The lowest BCUT2D eigenvalue weighted by molar-refractivity contribution is 0.277. The van der Waals surface area contributed by atoms with Crippen LogP contribution in [-0.4, -0.2) is 0 Å². The third-order valence-electron chi connectivity index (χ3n) is 4.47. The fraction of sp³-hybridized carbons (Fsp3) is 0.778. The van der Waals surface area contributed by atoms with Crippen molar-refractivity contribution in [2.24, 2.45) is 17.8 Å². The molecule has 0 radical (unpaired) electrons. The first-order valence-corrected chi connectivity index (χ1v) is 7.82. The molecule has 0 spiro atoms. The predicted molar refractivity (Wildman–Crippen MR) is 84.8 cm³/mol. The Labute approximate surface area is 116 Å². The average molecular weight is 250 g/mol. The van der Waals surface area contributed by atoms with Crippen molar-refractivity contribution in [2.75, 3.05) is 0 Å². The summed E-state index contributed by atoms with van der Waals surface area (Å²) in [5, 5.41) is 0. The third kappa shape index (κ3) is 5.89. The summed E-state index contributed by atoms with van der Waals surface area (Å²) in [6.07, 6.45) is 9.83. The Balaban J connectivity index is 4.62. The van der Waals surface area contributed by atoms with E-state index in [1.165, 1.54) is 36.8 Å². The van der Waals surface area contributed by atoms with Crippen LogP contribution in [0.4, 0.5) is 0 Å². The predicted octanol–water partition coefficient (Wildman–Crippen LogP) is 6.39. The highest BCUT2D eigenvalue weighted by molar-refractivity contribution is 5.22. The van der Waals surface area contributed by atoms with Crippen LogP contribution in [0.3, 0.4) is 0 Å². The summed E-state index contributed by atoms with van der Waals surface area (Å²) >= 11 is 0. The van der Waals surface area contributed by atoms with E-state index in [-0.39, 0.29) is 0 Å². The Morgan fingerprint density at radius 1 is 1.00 bits per heavy atom. The van der Waals surface area contributed by atoms with Gasteiger partial charge in [0.2, 0.25) is 0 Å². The monoisotopic (exact) mass is 250 g/mol. The van der Waals surface area contributed by atoms with Crippen LogP contribution in [0.1, 0.15) is 74.1 Å². The molecule has 0 aliphatic heterocycles. The van der Waals surface area contributed by atoms with Gasteiger partial charge in [-0.15, -0.1) is 0 Å². The van der Waals surface area contributed by atoms with E-state index < -0.39 is 0 Å². The van der Waals surface area contributed by atoms with Gasteiger partial charge in [0, 0.05) is 0 Å². The van der Waals surface area contributed by atoms with Crippen molar-refractivity contribution in [3.63, 3.8) is 0 Å². The van der Waals surface area contributed by atoms with E-state index in [0.717, 1.165) is 11.8 Å². The van der Waals surface area contributed by atoms with Crippen molar-refractivity contribution in [1.29, 1.82) is 0 Å². The van der Waals surface area contributed by atoms with Crippen molar-refractivity contribution in [1.82, 2.24) is 0 Å². The molecule has 0 nitrogen and oxygen atoms in total. The molecular weight excluding hydrogens is 216 g/mol. The van der Waals surface area contributed by atoms with Crippen LogP contribution in [-0.2, 0) is 0 Å². The Bertz CT molecular complexity index is 270. The maximum atomic E-state index is 2.43. The zero-order chi connectivity index (χ0) is 14.1. The van der Waals surface area contributed by atoms with Gasteiger partial charge in [-0.2, -0.15) is 0 Å². The van der Waals surface area contributed by atoms with Gasteiger partial charge in [-0.05, 0) is 38.0 Å². The van der Waals surface area contributed by atoms with Gasteiger partial charge in [-0.3, -0.25) is 0 Å². The largest absolute Gasteiger partial charge is 0.0811 e. The molecule has 0 aromatic carbocycles. The molecule has 0 N–H and O–H groups in total. The van der Waals surface area contributed by atoms with Crippen LogP contribution in [0.25, 0.3) is 0 Å². The fourth-order valence-electron chi connectivity index (χ4n) is 2.75. The highest BCUT2D eigenvalue weighted by Crippen LogP contribution is 2.28.